The lowest BCUT2D eigenvalue weighted by Gasteiger charge is -2.10. The highest BCUT2D eigenvalue weighted by atomic mass is 79.9. The van der Waals surface area contributed by atoms with Crippen molar-refractivity contribution < 1.29 is 9.53 Å². The van der Waals surface area contributed by atoms with Gasteiger partial charge in [0.2, 0.25) is 0 Å². The van der Waals surface area contributed by atoms with Crippen molar-refractivity contribution in [2.45, 2.75) is 20.5 Å². The summed E-state index contributed by atoms with van der Waals surface area (Å²) in [6.07, 6.45) is 0. The molecule has 0 saturated heterocycles. The van der Waals surface area contributed by atoms with Gasteiger partial charge in [0.1, 0.15) is 12.4 Å². The van der Waals surface area contributed by atoms with Gasteiger partial charge in [0, 0.05) is 10.2 Å². The third-order valence-electron chi connectivity index (χ3n) is 2.64. The molecule has 0 bridgehead atoms. The third-order valence-corrected chi connectivity index (χ3v) is 3.14. The maximum atomic E-state index is 11.6. The van der Waals surface area contributed by atoms with Gasteiger partial charge < -0.3 is 4.74 Å². The molecule has 2 rings (SSSR count). The van der Waals surface area contributed by atoms with E-state index in [-0.39, 0.29) is 5.78 Å². The van der Waals surface area contributed by atoms with E-state index in [2.05, 4.69) is 20.9 Å². The molecule has 1 heterocycles. The van der Waals surface area contributed by atoms with Crippen LogP contribution in [0.3, 0.4) is 0 Å². The van der Waals surface area contributed by atoms with Crippen molar-refractivity contribution in [1.82, 2.24) is 4.98 Å². The first kappa shape index (κ1) is 13.7. The smallest absolute Gasteiger partial charge is 0.163 e. The Morgan fingerprint density at radius 2 is 2.11 bits per heavy atom. The number of pyridine rings is 1. The second-order valence-corrected chi connectivity index (χ2v) is 5.17. The number of ether oxygens (including phenoxy) is 1. The molecule has 19 heavy (non-hydrogen) atoms. The predicted molar refractivity (Wildman–Crippen MR) is 77.5 cm³/mol. The van der Waals surface area contributed by atoms with Crippen LogP contribution in [0.1, 0.15) is 28.7 Å². The van der Waals surface area contributed by atoms with Crippen LogP contribution in [-0.2, 0) is 6.61 Å². The Morgan fingerprint density at radius 3 is 2.79 bits per heavy atom. The zero-order valence-electron chi connectivity index (χ0n) is 10.8. The van der Waals surface area contributed by atoms with Gasteiger partial charge >= 0.3 is 0 Å². The van der Waals surface area contributed by atoms with E-state index in [1.165, 1.54) is 6.92 Å². The lowest BCUT2D eigenvalue weighted by Crippen LogP contribution is -2.03. The Balaban J connectivity index is 2.17. The summed E-state index contributed by atoms with van der Waals surface area (Å²) in [5.41, 5.74) is 2.36. The summed E-state index contributed by atoms with van der Waals surface area (Å²) in [6.45, 7) is 3.81. The Kier molecular flexibility index (Phi) is 4.32. The molecule has 0 aliphatic heterocycles. The molecule has 98 valence electrons. The second kappa shape index (κ2) is 5.97. The number of Topliss-reactive ketones (excluding diaryl/α,β-unsaturated/α-hetero) is 1. The van der Waals surface area contributed by atoms with Gasteiger partial charge in [-0.3, -0.25) is 9.78 Å². The first-order valence-electron chi connectivity index (χ1n) is 5.92. The van der Waals surface area contributed by atoms with Crippen LogP contribution in [0, 0.1) is 6.92 Å². The fourth-order valence-corrected chi connectivity index (χ4v) is 2.10. The van der Waals surface area contributed by atoms with Gasteiger partial charge in [0.05, 0.1) is 11.3 Å². The van der Waals surface area contributed by atoms with Crippen LogP contribution < -0.4 is 4.74 Å². The molecule has 0 spiro atoms. The molecule has 2 aromatic rings. The Hall–Kier alpha value is -1.68. The van der Waals surface area contributed by atoms with Gasteiger partial charge in [-0.15, -0.1) is 0 Å². The van der Waals surface area contributed by atoms with Gasteiger partial charge in [0.25, 0.3) is 0 Å². The molecule has 0 radical (unpaired) electrons. The molecule has 3 nitrogen and oxygen atoms in total. The van der Waals surface area contributed by atoms with E-state index in [1.54, 1.807) is 12.1 Å². The number of carbonyl (C=O) groups is 1. The summed E-state index contributed by atoms with van der Waals surface area (Å²) in [5, 5.41) is 0. The van der Waals surface area contributed by atoms with E-state index in [0.29, 0.717) is 17.9 Å². The minimum absolute atomic E-state index is 0.0199. The van der Waals surface area contributed by atoms with Crippen LogP contribution >= 0.6 is 15.9 Å². The molecule has 0 atom stereocenters. The highest BCUT2D eigenvalue weighted by Crippen LogP contribution is 2.24. The summed E-state index contributed by atoms with van der Waals surface area (Å²) >= 11 is 3.35. The SMILES string of the molecule is CC(=O)c1cc(Br)ccc1OCc1cccc(C)n1. The van der Waals surface area contributed by atoms with Crippen molar-refractivity contribution in [2.75, 3.05) is 0 Å². The molecule has 4 heteroatoms. The summed E-state index contributed by atoms with van der Waals surface area (Å²) in [6, 6.07) is 11.2. The molecular formula is C15H14BrNO2. The monoisotopic (exact) mass is 319 g/mol. The van der Waals surface area contributed by atoms with Crippen LogP contribution in [0.4, 0.5) is 0 Å². The molecule has 1 aromatic carbocycles. The zero-order chi connectivity index (χ0) is 13.8. The number of carbonyl (C=O) groups excluding carboxylic acids is 1. The van der Waals surface area contributed by atoms with Crippen LogP contribution in [-0.4, -0.2) is 10.8 Å². The zero-order valence-corrected chi connectivity index (χ0v) is 12.4. The van der Waals surface area contributed by atoms with Crippen LogP contribution in [0.5, 0.6) is 5.75 Å². The summed E-state index contributed by atoms with van der Waals surface area (Å²) in [4.78, 5) is 15.9. The molecule has 0 fully saturated rings. The van der Waals surface area contributed by atoms with Gasteiger partial charge in [0.15, 0.2) is 5.78 Å². The average Bonchev–Trinajstić information content (AvgIpc) is 2.37. The van der Waals surface area contributed by atoms with Gasteiger partial charge in [-0.1, -0.05) is 22.0 Å². The van der Waals surface area contributed by atoms with Crippen molar-refractivity contribution in [2.24, 2.45) is 0 Å². The van der Waals surface area contributed by atoms with E-state index >= 15 is 0 Å². The molecule has 0 N–H and O–H groups in total. The number of aromatic nitrogens is 1. The molecule has 0 unspecified atom stereocenters. The maximum Gasteiger partial charge on any atom is 0.163 e. The minimum Gasteiger partial charge on any atom is -0.487 e. The normalized spacial score (nSPS) is 10.3. The fraction of sp³-hybridized carbons (Fsp3) is 0.200. The number of hydrogen-bond donors (Lipinski definition) is 0. The first-order valence-corrected chi connectivity index (χ1v) is 6.71. The Labute approximate surface area is 120 Å². The molecule has 0 amide bonds. The number of aryl methyl sites for hydroxylation is 1. The highest BCUT2D eigenvalue weighted by molar-refractivity contribution is 9.10. The third kappa shape index (κ3) is 3.64. The van der Waals surface area contributed by atoms with Crippen molar-refractivity contribution in [3.63, 3.8) is 0 Å². The number of hydrogen-bond acceptors (Lipinski definition) is 3. The van der Waals surface area contributed by atoms with Crippen molar-refractivity contribution in [3.05, 3.63) is 57.8 Å². The van der Waals surface area contributed by atoms with Crippen molar-refractivity contribution >= 4 is 21.7 Å². The van der Waals surface area contributed by atoms with Gasteiger partial charge in [-0.25, -0.2) is 0 Å². The number of halogens is 1. The maximum absolute atomic E-state index is 11.6. The largest absolute Gasteiger partial charge is 0.487 e. The standard InChI is InChI=1S/C15H14BrNO2/c1-10-4-3-5-13(17-10)9-19-15-7-6-12(16)8-14(15)11(2)18/h3-8H,9H2,1-2H3. The minimum atomic E-state index is -0.0199. The molecule has 1 aromatic heterocycles. The van der Waals surface area contributed by atoms with E-state index in [1.807, 2.05) is 31.2 Å². The summed E-state index contributed by atoms with van der Waals surface area (Å²) in [7, 11) is 0. The molecular weight excluding hydrogens is 306 g/mol. The topological polar surface area (TPSA) is 39.2 Å². The Bertz CT molecular complexity index is 611. The highest BCUT2D eigenvalue weighted by Gasteiger charge is 2.09. The van der Waals surface area contributed by atoms with Crippen LogP contribution in [0.15, 0.2) is 40.9 Å². The average molecular weight is 320 g/mol. The molecule has 0 aliphatic rings. The van der Waals surface area contributed by atoms with Gasteiger partial charge in [-0.2, -0.15) is 0 Å². The number of rotatable bonds is 4. The van der Waals surface area contributed by atoms with Crippen LogP contribution in [0.25, 0.3) is 0 Å². The van der Waals surface area contributed by atoms with E-state index in [9.17, 15) is 4.79 Å². The van der Waals surface area contributed by atoms with Crippen molar-refractivity contribution in [3.8, 4) is 5.75 Å². The summed E-state index contributed by atoms with van der Waals surface area (Å²) in [5.74, 6) is 0.563. The number of ketones is 1. The Morgan fingerprint density at radius 1 is 1.32 bits per heavy atom. The summed E-state index contributed by atoms with van der Waals surface area (Å²) < 4.78 is 6.55. The predicted octanol–water partition coefficient (Wildman–Crippen LogP) is 3.93. The first-order chi connectivity index (χ1) is 9.06. The lowest BCUT2D eigenvalue weighted by molar-refractivity contribution is 0.101. The lowest BCUT2D eigenvalue weighted by atomic mass is 10.1. The van der Waals surface area contributed by atoms with E-state index < -0.39 is 0 Å². The van der Waals surface area contributed by atoms with E-state index in [0.717, 1.165) is 15.9 Å². The number of nitrogens with zero attached hydrogens (tertiary/aromatic N) is 1. The van der Waals surface area contributed by atoms with Crippen molar-refractivity contribution in [1.29, 1.82) is 0 Å². The molecule has 0 aliphatic carbocycles. The van der Waals surface area contributed by atoms with Gasteiger partial charge in [-0.05, 0) is 44.2 Å². The van der Waals surface area contributed by atoms with E-state index in [4.69, 9.17) is 4.74 Å². The van der Waals surface area contributed by atoms with Crippen LogP contribution in [0.2, 0.25) is 0 Å². The fourth-order valence-electron chi connectivity index (χ4n) is 1.73. The molecule has 0 saturated carbocycles. The second-order valence-electron chi connectivity index (χ2n) is 4.26. The number of benzene rings is 1. The quantitative estimate of drug-likeness (QED) is 0.801.